The normalized spacial score (nSPS) is 12.1. The number of aromatic nitrogens is 2. The minimum absolute atomic E-state index is 0.0874. The summed E-state index contributed by atoms with van der Waals surface area (Å²) in [5.41, 5.74) is 1.14. The number of rotatable bonds is 1. The van der Waals surface area contributed by atoms with Crippen molar-refractivity contribution in [3.63, 3.8) is 0 Å². The highest BCUT2D eigenvalue weighted by molar-refractivity contribution is 6.29. The van der Waals surface area contributed by atoms with E-state index in [0.29, 0.717) is 0 Å². The fourth-order valence-corrected chi connectivity index (χ4v) is 1.24. The van der Waals surface area contributed by atoms with Gasteiger partial charge >= 0.3 is 0 Å². The first kappa shape index (κ1) is 9.59. The van der Waals surface area contributed by atoms with E-state index in [4.69, 9.17) is 11.6 Å². The quantitative estimate of drug-likeness (QED) is 0.660. The molecule has 0 spiro atoms. The lowest BCUT2D eigenvalue weighted by molar-refractivity contribution is 0.541. The van der Waals surface area contributed by atoms with E-state index in [1.807, 2.05) is 17.7 Å². The molecular weight excluding hydrogens is 172 g/mol. The molecule has 0 saturated carbocycles. The van der Waals surface area contributed by atoms with Crippen molar-refractivity contribution in [1.82, 2.24) is 9.78 Å². The van der Waals surface area contributed by atoms with Crippen molar-refractivity contribution in [1.29, 1.82) is 0 Å². The van der Waals surface area contributed by atoms with Gasteiger partial charge in [0, 0.05) is 12.0 Å². The molecule has 0 atom stereocenters. The van der Waals surface area contributed by atoms with Crippen molar-refractivity contribution in [2.45, 2.75) is 39.7 Å². The van der Waals surface area contributed by atoms with Crippen molar-refractivity contribution in [2.24, 2.45) is 0 Å². The van der Waals surface area contributed by atoms with Crippen LogP contribution in [0.2, 0.25) is 5.15 Å². The minimum Gasteiger partial charge on any atom is -0.254 e. The van der Waals surface area contributed by atoms with Crippen LogP contribution in [0.3, 0.4) is 0 Å². The van der Waals surface area contributed by atoms with Crippen molar-refractivity contribution in [3.8, 4) is 0 Å². The van der Waals surface area contributed by atoms with Gasteiger partial charge in [0.05, 0.1) is 5.69 Å². The average Bonchev–Trinajstić information content (AvgIpc) is 2.29. The van der Waals surface area contributed by atoms with E-state index < -0.39 is 0 Å². The molecule has 0 aliphatic carbocycles. The van der Waals surface area contributed by atoms with E-state index in [2.05, 4.69) is 25.9 Å². The van der Waals surface area contributed by atoms with E-state index in [-0.39, 0.29) is 5.41 Å². The van der Waals surface area contributed by atoms with Crippen LogP contribution < -0.4 is 0 Å². The van der Waals surface area contributed by atoms with Crippen molar-refractivity contribution in [3.05, 3.63) is 16.9 Å². The molecule has 0 unspecified atom stereocenters. The lowest BCUT2D eigenvalue weighted by Gasteiger charge is -2.13. The van der Waals surface area contributed by atoms with Crippen molar-refractivity contribution >= 4 is 11.6 Å². The maximum Gasteiger partial charge on any atom is 0.127 e. The third-order valence-electron chi connectivity index (χ3n) is 1.80. The molecular formula is C9H15ClN2. The molecule has 68 valence electrons. The molecule has 0 aliphatic heterocycles. The Morgan fingerprint density at radius 1 is 1.50 bits per heavy atom. The molecule has 1 aromatic heterocycles. The SMILES string of the molecule is CCn1nc(C(C)(C)C)cc1Cl. The van der Waals surface area contributed by atoms with Crippen LogP contribution in [0, 0.1) is 0 Å². The summed E-state index contributed by atoms with van der Waals surface area (Å²) in [6.07, 6.45) is 0. The van der Waals surface area contributed by atoms with Gasteiger partial charge in [-0.2, -0.15) is 5.10 Å². The summed E-state index contributed by atoms with van der Waals surface area (Å²) in [6.45, 7) is 9.25. The number of aryl methyl sites for hydroxylation is 1. The summed E-state index contributed by atoms with van der Waals surface area (Å²) in [7, 11) is 0. The smallest absolute Gasteiger partial charge is 0.127 e. The number of halogens is 1. The van der Waals surface area contributed by atoms with E-state index in [1.54, 1.807) is 0 Å². The second-order valence-corrected chi connectivity index (χ2v) is 4.31. The van der Waals surface area contributed by atoms with Crippen LogP contribution >= 0.6 is 11.6 Å². The number of hydrogen-bond acceptors (Lipinski definition) is 1. The Hall–Kier alpha value is -0.500. The molecule has 1 rings (SSSR count). The summed E-state index contributed by atoms with van der Waals surface area (Å²) in [5.74, 6) is 0. The fraction of sp³-hybridized carbons (Fsp3) is 0.667. The summed E-state index contributed by atoms with van der Waals surface area (Å²) in [6, 6.07) is 1.94. The molecule has 0 amide bonds. The maximum atomic E-state index is 5.95. The first-order valence-electron chi connectivity index (χ1n) is 4.19. The lowest BCUT2D eigenvalue weighted by atomic mass is 9.93. The van der Waals surface area contributed by atoms with E-state index >= 15 is 0 Å². The van der Waals surface area contributed by atoms with E-state index in [9.17, 15) is 0 Å². The molecule has 0 N–H and O–H groups in total. The van der Waals surface area contributed by atoms with Gasteiger partial charge in [0.1, 0.15) is 5.15 Å². The highest BCUT2D eigenvalue weighted by Crippen LogP contribution is 2.23. The molecule has 2 nitrogen and oxygen atoms in total. The fourth-order valence-electron chi connectivity index (χ4n) is 0.982. The Morgan fingerprint density at radius 2 is 2.08 bits per heavy atom. The predicted molar refractivity (Wildman–Crippen MR) is 51.6 cm³/mol. The summed E-state index contributed by atoms with van der Waals surface area (Å²) < 4.78 is 1.81. The topological polar surface area (TPSA) is 17.8 Å². The van der Waals surface area contributed by atoms with Crippen molar-refractivity contribution in [2.75, 3.05) is 0 Å². The van der Waals surface area contributed by atoms with Crippen LogP contribution in [0.25, 0.3) is 0 Å². The van der Waals surface area contributed by atoms with Crippen LogP contribution in [-0.2, 0) is 12.0 Å². The Labute approximate surface area is 78.5 Å². The lowest BCUT2D eigenvalue weighted by Crippen LogP contribution is -2.12. The molecule has 3 heteroatoms. The predicted octanol–water partition coefficient (Wildman–Crippen LogP) is 2.85. The van der Waals surface area contributed by atoms with Gasteiger partial charge in [-0.15, -0.1) is 0 Å². The van der Waals surface area contributed by atoms with Gasteiger partial charge in [0.25, 0.3) is 0 Å². The molecule has 1 aromatic rings. The van der Waals surface area contributed by atoms with E-state index in [1.165, 1.54) is 0 Å². The molecule has 0 saturated heterocycles. The van der Waals surface area contributed by atoms with Crippen LogP contribution in [0.4, 0.5) is 0 Å². The standard InChI is InChI=1S/C9H15ClN2/c1-5-12-8(10)6-7(11-12)9(2,3)4/h6H,5H2,1-4H3. The van der Waals surface area contributed by atoms with Crippen LogP contribution in [-0.4, -0.2) is 9.78 Å². The van der Waals surface area contributed by atoms with Crippen LogP contribution in [0.1, 0.15) is 33.4 Å². The monoisotopic (exact) mass is 186 g/mol. The van der Waals surface area contributed by atoms with Gasteiger partial charge in [-0.05, 0) is 13.0 Å². The molecule has 1 heterocycles. The average molecular weight is 187 g/mol. The van der Waals surface area contributed by atoms with Gasteiger partial charge in [0.15, 0.2) is 0 Å². The third-order valence-corrected chi connectivity index (χ3v) is 2.10. The Morgan fingerprint density at radius 3 is 2.33 bits per heavy atom. The van der Waals surface area contributed by atoms with Gasteiger partial charge in [-0.1, -0.05) is 32.4 Å². The van der Waals surface area contributed by atoms with Gasteiger partial charge in [-0.3, -0.25) is 4.68 Å². The Kier molecular flexibility index (Phi) is 2.47. The zero-order chi connectivity index (χ0) is 9.35. The minimum atomic E-state index is 0.0874. The summed E-state index contributed by atoms with van der Waals surface area (Å²) in [4.78, 5) is 0. The van der Waals surface area contributed by atoms with Crippen molar-refractivity contribution < 1.29 is 0 Å². The third kappa shape index (κ3) is 1.81. The zero-order valence-electron chi connectivity index (χ0n) is 8.06. The molecule has 0 aliphatic rings. The highest BCUT2D eigenvalue weighted by Gasteiger charge is 2.18. The molecule has 0 bridgehead atoms. The van der Waals surface area contributed by atoms with Crippen LogP contribution in [0.15, 0.2) is 6.07 Å². The number of nitrogens with zero attached hydrogens (tertiary/aromatic N) is 2. The largest absolute Gasteiger partial charge is 0.254 e. The number of hydrogen-bond donors (Lipinski definition) is 0. The highest BCUT2D eigenvalue weighted by atomic mass is 35.5. The zero-order valence-corrected chi connectivity index (χ0v) is 8.81. The van der Waals surface area contributed by atoms with E-state index in [0.717, 1.165) is 17.4 Å². The first-order valence-corrected chi connectivity index (χ1v) is 4.56. The molecule has 12 heavy (non-hydrogen) atoms. The Bertz CT molecular complexity index is 271. The first-order chi connectivity index (χ1) is 5.45. The van der Waals surface area contributed by atoms with Gasteiger partial charge < -0.3 is 0 Å². The molecule has 0 fully saturated rings. The summed E-state index contributed by atoms with van der Waals surface area (Å²) >= 11 is 5.95. The second-order valence-electron chi connectivity index (χ2n) is 3.92. The van der Waals surface area contributed by atoms with Gasteiger partial charge in [0.2, 0.25) is 0 Å². The maximum absolute atomic E-state index is 5.95. The molecule has 0 aromatic carbocycles. The Balaban J connectivity index is 3.05. The second kappa shape index (κ2) is 3.09. The summed E-state index contributed by atoms with van der Waals surface area (Å²) in [5, 5.41) is 5.11. The van der Waals surface area contributed by atoms with Crippen LogP contribution in [0.5, 0.6) is 0 Å². The van der Waals surface area contributed by atoms with Gasteiger partial charge in [-0.25, -0.2) is 0 Å². The molecule has 0 radical (unpaired) electrons.